The number of para-hydroxylation sites is 2. The molecular weight excluding hydrogens is 554 g/mol. The van der Waals surface area contributed by atoms with E-state index in [0.717, 1.165) is 28.6 Å². The molecule has 0 aliphatic carbocycles. The lowest BCUT2D eigenvalue weighted by Crippen LogP contribution is -2.75. The highest BCUT2D eigenvalue weighted by Crippen LogP contribution is 2.62. The smallest absolute Gasteiger partial charge is 0.453 e. The summed E-state index contributed by atoms with van der Waals surface area (Å²) in [4.78, 5) is 2.43. The number of hydrogen-bond donors (Lipinski definition) is 0. The summed E-state index contributed by atoms with van der Waals surface area (Å²) in [6.07, 6.45) is 4.63. The minimum atomic E-state index is -0.626. The minimum absolute atomic E-state index is 0.626. The SMILES string of the molecule is Cc1cc(C)[n+]2n1-c1cccc3c1C21c2c(ccc4c2N3c2ccccc2O4)-n2cc(-c3ccc(-c4ccccc4)cc3)c[n+]21. The third-order valence-corrected chi connectivity index (χ3v) is 10.1. The summed E-state index contributed by atoms with van der Waals surface area (Å²) in [7, 11) is 0. The molecule has 4 aliphatic rings. The zero-order chi connectivity index (χ0) is 29.6. The molecule has 6 heterocycles. The van der Waals surface area contributed by atoms with Gasteiger partial charge >= 0.3 is 5.66 Å². The van der Waals surface area contributed by atoms with Crippen LogP contribution >= 0.6 is 0 Å². The van der Waals surface area contributed by atoms with Crippen molar-refractivity contribution in [1.82, 2.24) is 9.36 Å². The molecular formula is C39H27N5O+2. The number of rotatable bonds is 2. The highest BCUT2D eigenvalue weighted by Gasteiger charge is 2.74. The molecule has 1 spiro atoms. The summed E-state index contributed by atoms with van der Waals surface area (Å²) in [5, 5.41) is 0. The second-order valence-electron chi connectivity index (χ2n) is 12.5. The highest BCUT2D eigenvalue weighted by atomic mass is 16.5. The summed E-state index contributed by atoms with van der Waals surface area (Å²) in [5.74, 6) is 1.75. The zero-order valence-electron chi connectivity index (χ0n) is 24.8. The van der Waals surface area contributed by atoms with Crippen LogP contribution in [0.2, 0.25) is 0 Å². The number of anilines is 3. The van der Waals surface area contributed by atoms with Crippen LogP contribution in [0.3, 0.4) is 0 Å². The van der Waals surface area contributed by atoms with E-state index in [9.17, 15) is 0 Å². The topological polar surface area (TPSA) is 30.1 Å². The fraction of sp³-hybridized carbons (Fsp3) is 0.0769. The Morgan fingerprint density at radius 1 is 0.600 bits per heavy atom. The number of benzene rings is 5. The van der Waals surface area contributed by atoms with E-state index in [1.54, 1.807) is 0 Å². The van der Waals surface area contributed by atoms with Crippen molar-refractivity contribution in [1.29, 1.82) is 0 Å². The van der Waals surface area contributed by atoms with E-state index in [0.29, 0.717) is 0 Å². The van der Waals surface area contributed by atoms with Gasteiger partial charge in [-0.25, -0.2) is 0 Å². The molecule has 2 aromatic heterocycles. The third kappa shape index (κ3) is 2.61. The van der Waals surface area contributed by atoms with Crippen LogP contribution in [0.4, 0.5) is 17.1 Å². The maximum atomic E-state index is 6.64. The third-order valence-electron chi connectivity index (χ3n) is 10.1. The van der Waals surface area contributed by atoms with Crippen molar-refractivity contribution in [2.24, 2.45) is 0 Å². The first-order chi connectivity index (χ1) is 22.1. The first-order valence-corrected chi connectivity index (χ1v) is 15.5. The van der Waals surface area contributed by atoms with E-state index in [2.05, 4.69) is 159 Å². The number of hydrogen-bond acceptors (Lipinski definition) is 2. The Kier molecular flexibility index (Phi) is 4.08. The number of aromatic nitrogens is 4. The van der Waals surface area contributed by atoms with E-state index >= 15 is 0 Å². The molecule has 6 heteroatoms. The fourth-order valence-electron chi connectivity index (χ4n) is 8.46. The Morgan fingerprint density at radius 3 is 2.16 bits per heavy atom. The molecule has 45 heavy (non-hydrogen) atoms. The molecule has 5 aromatic carbocycles. The molecule has 1 unspecified atom stereocenters. The molecule has 0 saturated carbocycles. The average molecular weight is 582 g/mol. The van der Waals surface area contributed by atoms with Crippen molar-refractivity contribution < 1.29 is 14.1 Å². The first-order valence-electron chi connectivity index (χ1n) is 15.5. The summed E-state index contributed by atoms with van der Waals surface area (Å²) in [6.45, 7) is 4.44. The van der Waals surface area contributed by atoms with Gasteiger partial charge in [0.1, 0.15) is 17.1 Å². The molecule has 0 bridgehead atoms. The van der Waals surface area contributed by atoms with Crippen LogP contribution in [0.5, 0.6) is 11.5 Å². The van der Waals surface area contributed by atoms with Gasteiger partial charge in [0.05, 0.1) is 28.8 Å². The fourth-order valence-corrected chi connectivity index (χ4v) is 8.46. The molecule has 4 aliphatic heterocycles. The van der Waals surface area contributed by atoms with Crippen LogP contribution in [0, 0.1) is 13.8 Å². The Morgan fingerprint density at radius 2 is 1.31 bits per heavy atom. The summed E-state index contributed by atoms with van der Waals surface area (Å²) in [5.41, 5.74) is 14.9. The van der Waals surface area contributed by atoms with Gasteiger partial charge in [0.15, 0.2) is 22.6 Å². The number of aryl methyl sites for hydroxylation is 2. The van der Waals surface area contributed by atoms with Crippen LogP contribution < -0.4 is 19.0 Å². The molecule has 0 amide bonds. The lowest BCUT2D eigenvalue weighted by atomic mass is 9.82. The first kappa shape index (κ1) is 23.6. The van der Waals surface area contributed by atoms with Gasteiger partial charge in [-0.3, -0.25) is 0 Å². The maximum Gasteiger partial charge on any atom is 0.466 e. The quantitative estimate of drug-likeness (QED) is 0.197. The molecule has 0 N–H and O–H groups in total. The van der Waals surface area contributed by atoms with Gasteiger partial charge in [-0.15, -0.1) is 9.36 Å². The van der Waals surface area contributed by atoms with Crippen molar-refractivity contribution in [2.75, 3.05) is 4.90 Å². The van der Waals surface area contributed by atoms with E-state index in [1.807, 2.05) is 6.07 Å². The standard InChI is InChI=1S/C39H27N5O/c1-24-21-25(2)44-39-36-32(12-8-13-33(36)43(24)44)42-30-11-6-7-14-34(30)45-35-20-19-31(37(39)38(35)42)40-22-29(23-41(39)40)28-17-15-27(16-18-28)26-9-4-3-5-10-26/h3-23H,1-2H3/q+2. The number of nitrogens with zero attached hydrogens (tertiary/aromatic N) is 5. The maximum absolute atomic E-state index is 6.64. The molecule has 6 nitrogen and oxygen atoms in total. The lowest BCUT2D eigenvalue weighted by molar-refractivity contribution is -1.02. The molecule has 0 fully saturated rings. The van der Waals surface area contributed by atoms with Crippen LogP contribution in [-0.4, -0.2) is 9.36 Å². The predicted molar refractivity (Wildman–Crippen MR) is 172 cm³/mol. The molecule has 212 valence electrons. The number of fused-ring (bicyclic) bond motifs is 7. The molecule has 0 saturated heterocycles. The molecule has 1 atom stereocenters. The van der Waals surface area contributed by atoms with Crippen LogP contribution in [0.25, 0.3) is 33.6 Å². The molecule has 0 radical (unpaired) electrons. The molecule has 11 rings (SSSR count). The van der Waals surface area contributed by atoms with Crippen molar-refractivity contribution in [3.63, 3.8) is 0 Å². The largest absolute Gasteiger partial charge is 0.466 e. The van der Waals surface area contributed by atoms with E-state index in [4.69, 9.17) is 4.74 Å². The average Bonchev–Trinajstić information content (AvgIpc) is 3.81. The zero-order valence-corrected chi connectivity index (χ0v) is 24.8. The van der Waals surface area contributed by atoms with Gasteiger partial charge in [0, 0.05) is 13.0 Å². The lowest BCUT2D eigenvalue weighted by Gasteiger charge is -2.38. The summed E-state index contributed by atoms with van der Waals surface area (Å²) < 4.78 is 16.4. The molecule has 7 aromatic rings. The Labute approximate surface area is 259 Å². The van der Waals surface area contributed by atoms with Crippen molar-refractivity contribution >= 4 is 17.1 Å². The normalized spacial score (nSPS) is 16.9. The van der Waals surface area contributed by atoms with Gasteiger partial charge in [0.2, 0.25) is 11.9 Å². The second kappa shape index (κ2) is 7.79. The Balaban J connectivity index is 1.22. The monoisotopic (exact) mass is 581 g/mol. The van der Waals surface area contributed by atoms with E-state index in [-0.39, 0.29) is 0 Å². The Hall–Kier alpha value is -5.88. The second-order valence-corrected chi connectivity index (χ2v) is 12.5. The van der Waals surface area contributed by atoms with E-state index < -0.39 is 5.66 Å². The van der Waals surface area contributed by atoms with Gasteiger partial charge in [0.25, 0.3) is 0 Å². The van der Waals surface area contributed by atoms with Gasteiger partial charge in [-0.2, -0.15) is 0 Å². The van der Waals surface area contributed by atoms with Gasteiger partial charge in [-0.05, 0) is 69.4 Å². The number of ether oxygens (including phenoxy) is 1. The van der Waals surface area contributed by atoms with E-state index in [1.165, 1.54) is 56.1 Å². The van der Waals surface area contributed by atoms with Crippen molar-refractivity contribution in [3.05, 3.63) is 150 Å². The van der Waals surface area contributed by atoms with Crippen molar-refractivity contribution in [2.45, 2.75) is 19.5 Å². The summed E-state index contributed by atoms with van der Waals surface area (Å²) >= 11 is 0. The van der Waals surface area contributed by atoms with Crippen LogP contribution in [0.15, 0.2) is 128 Å². The minimum Gasteiger partial charge on any atom is -0.453 e. The van der Waals surface area contributed by atoms with Gasteiger partial charge in [-0.1, -0.05) is 72.8 Å². The van der Waals surface area contributed by atoms with Crippen molar-refractivity contribution in [3.8, 4) is 45.1 Å². The highest BCUT2D eigenvalue weighted by molar-refractivity contribution is 5.95. The van der Waals surface area contributed by atoms with Crippen LogP contribution in [-0.2, 0) is 5.66 Å². The van der Waals surface area contributed by atoms with Gasteiger partial charge < -0.3 is 9.64 Å². The van der Waals surface area contributed by atoms with Crippen LogP contribution in [0.1, 0.15) is 22.5 Å². The Bertz CT molecular complexity index is 2440. The predicted octanol–water partition coefficient (Wildman–Crippen LogP) is 7.61. The summed E-state index contributed by atoms with van der Waals surface area (Å²) in [6, 6.07) is 41.3.